The van der Waals surface area contributed by atoms with Gasteiger partial charge in [0, 0.05) is 35.8 Å². The molecule has 1 fully saturated rings. The van der Waals surface area contributed by atoms with Gasteiger partial charge in [0.05, 0.1) is 30.8 Å². The molecule has 180 valence electrons. The highest BCUT2D eigenvalue weighted by Crippen LogP contribution is 2.33. The third kappa shape index (κ3) is 5.08. The van der Waals surface area contributed by atoms with Gasteiger partial charge in [-0.1, -0.05) is 12.1 Å². The lowest BCUT2D eigenvalue weighted by Gasteiger charge is -2.31. The zero-order chi connectivity index (χ0) is 24.3. The first kappa shape index (κ1) is 24.2. The van der Waals surface area contributed by atoms with Gasteiger partial charge in [0.25, 0.3) is 0 Å². The van der Waals surface area contributed by atoms with Gasteiger partial charge < -0.3 is 14.8 Å². The molecule has 34 heavy (non-hydrogen) atoms. The number of aryl methyl sites for hydroxylation is 1. The molecular weight excluding hydrogens is 474 g/mol. The summed E-state index contributed by atoms with van der Waals surface area (Å²) in [6, 6.07) is 12.2. The van der Waals surface area contributed by atoms with Crippen molar-refractivity contribution in [3.8, 4) is 22.8 Å². The molecular formula is C24H27N3O5S2. The van der Waals surface area contributed by atoms with Crippen LogP contribution < -0.4 is 14.8 Å². The maximum Gasteiger partial charge on any atom is 0.246 e. The first-order valence-corrected chi connectivity index (χ1v) is 13.2. The van der Waals surface area contributed by atoms with Gasteiger partial charge in [-0.3, -0.25) is 4.79 Å². The minimum Gasteiger partial charge on any atom is -0.497 e. The molecule has 1 atom stereocenters. The van der Waals surface area contributed by atoms with E-state index < -0.39 is 15.9 Å². The standard InChI is InChI=1S/C24H27N3O5S2/c1-16-25-21(15-33-16)17-6-4-8-19(12-17)26-24(28)18-7-5-11-27(14-18)34(29,30)23-13-20(31-2)9-10-22(23)32-3/h4,6,8-10,12-13,15,18H,5,7,11,14H2,1-3H3,(H,26,28)/t18-/m1/s1. The van der Waals surface area contributed by atoms with Gasteiger partial charge in [0.15, 0.2) is 0 Å². The molecule has 0 spiro atoms. The SMILES string of the molecule is COc1ccc(OC)c(S(=O)(=O)N2CCC[C@@H](C(=O)Nc3cccc(-c4csc(C)n4)c3)C2)c1. The van der Waals surface area contributed by atoms with Crippen molar-refractivity contribution in [2.24, 2.45) is 5.92 Å². The second-order valence-corrected chi connectivity index (χ2v) is 11.0. The topological polar surface area (TPSA) is 97.8 Å². The smallest absolute Gasteiger partial charge is 0.246 e. The Labute approximate surface area is 203 Å². The number of methoxy groups -OCH3 is 2. The number of nitrogens with zero attached hydrogens (tertiary/aromatic N) is 2. The van der Waals surface area contributed by atoms with Crippen LogP contribution in [0.15, 0.2) is 52.7 Å². The van der Waals surface area contributed by atoms with E-state index in [2.05, 4.69) is 10.3 Å². The number of thiazole rings is 1. The van der Waals surface area contributed by atoms with Crippen LogP contribution in [0.2, 0.25) is 0 Å². The maximum absolute atomic E-state index is 13.4. The van der Waals surface area contributed by atoms with Crippen molar-refractivity contribution in [1.29, 1.82) is 0 Å². The van der Waals surface area contributed by atoms with E-state index in [0.29, 0.717) is 30.8 Å². The van der Waals surface area contributed by atoms with Gasteiger partial charge in [-0.15, -0.1) is 11.3 Å². The van der Waals surface area contributed by atoms with Crippen LogP contribution in [0.1, 0.15) is 17.8 Å². The first-order valence-electron chi connectivity index (χ1n) is 10.9. The van der Waals surface area contributed by atoms with E-state index in [1.807, 2.05) is 36.6 Å². The van der Waals surface area contributed by atoms with E-state index in [4.69, 9.17) is 9.47 Å². The molecule has 1 amide bonds. The predicted octanol–water partition coefficient (Wildman–Crippen LogP) is 4.18. The number of ether oxygens (including phenoxy) is 2. The summed E-state index contributed by atoms with van der Waals surface area (Å²) in [6.07, 6.45) is 1.19. The zero-order valence-corrected chi connectivity index (χ0v) is 20.9. The molecule has 0 bridgehead atoms. The molecule has 1 aromatic heterocycles. The van der Waals surface area contributed by atoms with Crippen molar-refractivity contribution < 1.29 is 22.7 Å². The van der Waals surface area contributed by atoms with E-state index >= 15 is 0 Å². The van der Waals surface area contributed by atoms with E-state index in [0.717, 1.165) is 16.3 Å². The maximum atomic E-state index is 13.4. The summed E-state index contributed by atoms with van der Waals surface area (Å²) in [4.78, 5) is 17.6. The fraction of sp³-hybridized carbons (Fsp3) is 0.333. The molecule has 1 aliphatic rings. The van der Waals surface area contributed by atoms with Crippen molar-refractivity contribution in [1.82, 2.24) is 9.29 Å². The van der Waals surface area contributed by atoms with E-state index in [9.17, 15) is 13.2 Å². The zero-order valence-electron chi connectivity index (χ0n) is 19.3. The second kappa shape index (κ2) is 10.1. The molecule has 8 nitrogen and oxygen atoms in total. The van der Waals surface area contributed by atoms with Crippen molar-refractivity contribution in [2.45, 2.75) is 24.7 Å². The summed E-state index contributed by atoms with van der Waals surface area (Å²) in [5, 5.41) is 5.90. The molecule has 0 unspecified atom stereocenters. The van der Waals surface area contributed by atoms with Crippen LogP contribution >= 0.6 is 11.3 Å². The lowest BCUT2D eigenvalue weighted by molar-refractivity contribution is -0.120. The van der Waals surface area contributed by atoms with Gasteiger partial charge in [-0.25, -0.2) is 13.4 Å². The van der Waals surface area contributed by atoms with E-state index in [1.165, 1.54) is 24.6 Å². The lowest BCUT2D eigenvalue weighted by atomic mass is 9.98. The van der Waals surface area contributed by atoms with Crippen LogP contribution in [0.5, 0.6) is 11.5 Å². The highest BCUT2D eigenvalue weighted by Gasteiger charge is 2.35. The van der Waals surface area contributed by atoms with E-state index in [-0.39, 0.29) is 23.1 Å². The largest absolute Gasteiger partial charge is 0.497 e. The average Bonchev–Trinajstić information content (AvgIpc) is 3.30. The molecule has 0 aliphatic carbocycles. The molecule has 0 radical (unpaired) electrons. The lowest BCUT2D eigenvalue weighted by Crippen LogP contribution is -2.43. The molecule has 4 rings (SSSR count). The number of amides is 1. The number of anilines is 1. The molecule has 2 heterocycles. The van der Waals surface area contributed by atoms with E-state index in [1.54, 1.807) is 23.5 Å². The number of hydrogen-bond acceptors (Lipinski definition) is 7. The third-order valence-electron chi connectivity index (χ3n) is 5.79. The number of benzene rings is 2. The van der Waals surface area contributed by atoms with Crippen LogP contribution in [-0.2, 0) is 14.8 Å². The van der Waals surface area contributed by atoms with Crippen LogP contribution in [0.3, 0.4) is 0 Å². The summed E-state index contributed by atoms with van der Waals surface area (Å²) < 4.78 is 38.7. The minimum absolute atomic E-state index is 0.0293. The van der Waals surface area contributed by atoms with Crippen LogP contribution in [0.4, 0.5) is 5.69 Å². The van der Waals surface area contributed by atoms with Crippen molar-refractivity contribution in [2.75, 3.05) is 32.6 Å². The number of nitrogens with one attached hydrogen (secondary N) is 1. The Kier molecular flexibility index (Phi) is 7.20. The number of piperidine rings is 1. The Morgan fingerprint density at radius 3 is 2.71 bits per heavy atom. The molecule has 0 saturated carbocycles. The number of aromatic nitrogens is 1. The normalized spacial score (nSPS) is 16.7. The van der Waals surface area contributed by atoms with Gasteiger partial charge in [0.2, 0.25) is 15.9 Å². The fourth-order valence-corrected chi connectivity index (χ4v) is 6.31. The molecule has 2 aromatic carbocycles. The molecule has 1 N–H and O–H groups in total. The van der Waals surface area contributed by atoms with Crippen LogP contribution in [0.25, 0.3) is 11.3 Å². The van der Waals surface area contributed by atoms with Crippen LogP contribution in [0, 0.1) is 12.8 Å². The van der Waals surface area contributed by atoms with Crippen LogP contribution in [-0.4, -0.2) is 50.9 Å². The van der Waals surface area contributed by atoms with Crippen molar-refractivity contribution >= 4 is 33.0 Å². The van der Waals surface area contributed by atoms with Gasteiger partial charge >= 0.3 is 0 Å². The number of hydrogen-bond donors (Lipinski definition) is 1. The number of carbonyl (C=O) groups excluding carboxylic acids is 1. The Hall–Kier alpha value is -2.95. The minimum atomic E-state index is -3.88. The summed E-state index contributed by atoms with van der Waals surface area (Å²) >= 11 is 1.57. The van der Waals surface area contributed by atoms with Crippen molar-refractivity contribution in [3.63, 3.8) is 0 Å². The first-order chi connectivity index (χ1) is 16.3. The fourth-order valence-electron chi connectivity index (χ4n) is 4.00. The Morgan fingerprint density at radius 2 is 2.00 bits per heavy atom. The highest BCUT2D eigenvalue weighted by molar-refractivity contribution is 7.89. The van der Waals surface area contributed by atoms with Crippen molar-refractivity contribution in [3.05, 3.63) is 52.9 Å². The number of rotatable bonds is 7. The summed E-state index contributed by atoms with van der Waals surface area (Å²) in [5.74, 6) is -0.0169. The molecule has 1 saturated heterocycles. The average molecular weight is 502 g/mol. The van der Waals surface area contributed by atoms with Gasteiger partial charge in [-0.05, 0) is 44.0 Å². The molecule has 10 heteroatoms. The Balaban J connectivity index is 1.50. The summed E-state index contributed by atoms with van der Waals surface area (Å²) in [6.45, 7) is 2.38. The highest BCUT2D eigenvalue weighted by atomic mass is 32.2. The Morgan fingerprint density at radius 1 is 1.18 bits per heavy atom. The predicted molar refractivity (Wildman–Crippen MR) is 132 cm³/mol. The Bertz CT molecular complexity index is 1290. The van der Waals surface area contributed by atoms with Gasteiger partial charge in [-0.2, -0.15) is 4.31 Å². The molecule has 3 aromatic rings. The summed E-state index contributed by atoms with van der Waals surface area (Å²) in [7, 11) is -0.975. The quantitative estimate of drug-likeness (QED) is 0.522. The second-order valence-electron chi connectivity index (χ2n) is 8.04. The summed E-state index contributed by atoms with van der Waals surface area (Å²) in [5.41, 5.74) is 2.43. The molecule has 1 aliphatic heterocycles. The number of sulfonamides is 1. The number of carbonyl (C=O) groups is 1. The third-order valence-corrected chi connectivity index (χ3v) is 8.45. The monoisotopic (exact) mass is 501 g/mol. The van der Waals surface area contributed by atoms with Gasteiger partial charge in [0.1, 0.15) is 16.4 Å².